The van der Waals surface area contributed by atoms with Crippen molar-refractivity contribution in [2.24, 2.45) is 5.41 Å². The zero-order valence-corrected chi connectivity index (χ0v) is 23.0. The lowest BCUT2D eigenvalue weighted by molar-refractivity contribution is -0.123. The summed E-state index contributed by atoms with van der Waals surface area (Å²) in [4.78, 5) is 19.3. The van der Waals surface area contributed by atoms with Crippen molar-refractivity contribution in [2.75, 3.05) is 17.3 Å². The molecule has 2 aromatic heterocycles. The Labute approximate surface area is 232 Å². The van der Waals surface area contributed by atoms with Gasteiger partial charge in [-0.3, -0.25) is 9.78 Å². The fraction of sp³-hybridized carbons (Fsp3) is 0.233. The van der Waals surface area contributed by atoms with E-state index in [1.807, 2.05) is 85.0 Å². The number of amides is 1. The molecule has 9 heteroatoms. The normalized spacial score (nSPS) is 17.2. The number of nitrogens with zero attached hydrogens (tertiary/aromatic N) is 3. The first-order chi connectivity index (χ1) is 18.7. The maximum absolute atomic E-state index is 13.7. The maximum atomic E-state index is 13.7. The fourth-order valence-corrected chi connectivity index (χ4v) is 4.99. The number of hydrogen-bond donors (Lipinski definition) is 2. The molecule has 5 rings (SSSR count). The van der Waals surface area contributed by atoms with E-state index in [1.54, 1.807) is 25.4 Å². The summed E-state index contributed by atoms with van der Waals surface area (Å²) < 4.78 is 21.4. The molecule has 4 aromatic rings. The molecule has 1 aliphatic heterocycles. The number of halogens is 1. The van der Waals surface area contributed by atoms with Gasteiger partial charge in [0.15, 0.2) is 5.11 Å². The van der Waals surface area contributed by atoms with Crippen LogP contribution in [0.5, 0.6) is 5.75 Å². The molecule has 0 spiro atoms. The molecule has 1 fully saturated rings. The number of ether oxygens (including phenoxy) is 1. The molecular weight excluding hydrogens is 513 g/mol. The molecule has 1 saturated heterocycles. The summed E-state index contributed by atoms with van der Waals surface area (Å²) in [7, 11) is 1.57. The van der Waals surface area contributed by atoms with Crippen molar-refractivity contribution in [1.82, 2.24) is 14.9 Å². The number of carbonyl (C=O) groups is 1. The highest BCUT2D eigenvalue weighted by Gasteiger charge is 2.42. The van der Waals surface area contributed by atoms with Crippen LogP contribution in [-0.2, 0) is 4.79 Å². The number of benzene rings is 2. The first kappa shape index (κ1) is 26.4. The maximum Gasteiger partial charge on any atom is 0.229 e. The molecule has 1 amide bonds. The van der Waals surface area contributed by atoms with Gasteiger partial charge in [0.2, 0.25) is 5.91 Å². The first-order valence-electron chi connectivity index (χ1n) is 12.6. The van der Waals surface area contributed by atoms with E-state index in [2.05, 4.69) is 15.6 Å². The monoisotopic (exact) mass is 543 g/mol. The van der Waals surface area contributed by atoms with Crippen molar-refractivity contribution in [3.8, 4) is 11.4 Å². The van der Waals surface area contributed by atoms with Crippen LogP contribution >= 0.6 is 12.2 Å². The summed E-state index contributed by atoms with van der Waals surface area (Å²) in [5, 5.41) is 6.95. The molecule has 0 aliphatic carbocycles. The highest BCUT2D eigenvalue weighted by molar-refractivity contribution is 7.80. The Morgan fingerprint density at radius 3 is 2.46 bits per heavy atom. The molecule has 39 heavy (non-hydrogen) atoms. The van der Waals surface area contributed by atoms with Crippen molar-refractivity contribution in [3.63, 3.8) is 0 Å². The Hall–Kier alpha value is -4.24. The zero-order chi connectivity index (χ0) is 27.7. The molecule has 2 atom stereocenters. The molecule has 0 saturated carbocycles. The Morgan fingerprint density at radius 2 is 1.79 bits per heavy atom. The lowest BCUT2D eigenvalue weighted by Gasteiger charge is -2.29. The van der Waals surface area contributed by atoms with E-state index in [-0.39, 0.29) is 23.8 Å². The van der Waals surface area contributed by atoms with Gasteiger partial charge in [-0.2, -0.15) is 0 Å². The zero-order valence-electron chi connectivity index (χ0n) is 22.2. The van der Waals surface area contributed by atoms with Gasteiger partial charge in [-0.05, 0) is 72.9 Å². The second-order valence-corrected chi connectivity index (χ2v) is 10.8. The van der Waals surface area contributed by atoms with Gasteiger partial charge in [-0.25, -0.2) is 4.39 Å². The average molecular weight is 544 g/mol. The number of nitrogens with one attached hydrogen (secondary N) is 2. The van der Waals surface area contributed by atoms with Crippen LogP contribution in [0.1, 0.15) is 44.2 Å². The summed E-state index contributed by atoms with van der Waals surface area (Å²) in [6.07, 6.45) is 3.71. The van der Waals surface area contributed by atoms with Crippen LogP contribution in [0, 0.1) is 11.2 Å². The third kappa shape index (κ3) is 5.22. The number of methoxy groups -OCH3 is 1. The number of rotatable bonds is 6. The third-order valence-corrected chi connectivity index (χ3v) is 6.99. The molecule has 2 N–H and O–H groups in total. The molecule has 0 radical (unpaired) electrons. The second kappa shape index (κ2) is 10.5. The summed E-state index contributed by atoms with van der Waals surface area (Å²) in [5.41, 5.74) is 3.40. The minimum absolute atomic E-state index is 0.114. The number of thiocarbonyl (C=S) groups is 1. The topological polar surface area (TPSA) is 71.4 Å². The van der Waals surface area contributed by atoms with E-state index in [0.29, 0.717) is 16.5 Å². The van der Waals surface area contributed by atoms with Crippen LogP contribution in [0.15, 0.2) is 85.2 Å². The van der Waals surface area contributed by atoms with E-state index in [9.17, 15) is 9.18 Å². The van der Waals surface area contributed by atoms with Gasteiger partial charge in [-0.1, -0.05) is 26.8 Å². The molecule has 200 valence electrons. The smallest absolute Gasteiger partial charge is 0.229 e. The fourth-order valence-electron chi connectivity index (χ4n) is 4.65. The number of hydrogen-bond acceptors (Lipinski definition) is 4. The quantitative estimate of drug-likeness (QED) is 0.283. The van der Waals surface area contributed by atoms with Gasteiger partial charge >= 0.3 is 0 Å². The van der Waals surface area contributed by atoms with E-state index in [4.69, 9.17) is 17.0 Å². The Balaban J connectivity index is 1.60. The van der Waals surface area contributed by atoms with Crippen LogP contribution in [0.25, 0.3) is 5.69 Å². The van der Waals surface area contributed by atoms with Gasteiger partial charge < -0.3 is 24.8 Å². The van der Waals surface area contributed by atoms with Gasteiger partial charge in [0.25, 0.3) is 0 Å². The van der Waals surface area contributed by atoms with Crippen molar-refractivity contribution in [1.29, 1.82) is 0 Å². The second-order valence-electron chi connectivity index (χ2n) is 10.4. The minimum atomic E-state index is -0.559. The van der Waals surface area contributed by atoms with Crippen molar-refractivity contribution in [2.45, 2.75) is 32.9 Å². The van der Waals surface area contributed by atoms with Crippen molar-refractivity contribution >= 4 is 34.6 Å². The summed E-state index contributed by atoms with van der Waals surface area (Å²) in [6.45, 7) is 5.57. The highest BCUT2D eigenvalue weighted by Crippen LogP contribution is 2.44. The van der Waals surface area contributed by atoms with Crippen LogP contribution in [0.4, 0.5) is 15.8 Å². The van der Waals surface area contributed by atoms with Gasteiger partial charge in [-0.15, -0.1) is 0 Å². The SMILES string of the molecule is COc1cc(N2C(=S)NC(c3ccccn3)C2c2cccn2-c2ccc(F)cc2)ccc1NC(=O)C(C)(C)C. The van der Waals surface area contributed by atoms with Gasteiger partial charge in [0.1, 0.15) is 17.6 Å². The third-order valence-electron chi connectivity index (χ3n) is 6.68. The lowest BCUT2D eigenvalue weighted by atomic mass is 9.95. The number of pyridine rings is 1. The van der Waals surface area contributed by atoms with E-state index in [1.165, 1.54) is 12.1 Å². The van der Waals surface area contributed by atoms with Gasteiger partial charge in [0.05, 0.1) is 24.5 Å². The largest absolute Gasteiger partial charge is 0.494 e. The standard InChI is InChI=1S/C30H30FN5O2S/c1-30(2,3)28(37)33-22-15-14-21(18-25(22)38-4)36-27(26(34-29(36)39)23-8-5-6-16-32-23)24-9-7-17-35(24)20-12-10-19(31)11-13-20/h5-18,26-27H,1-4H3,(H,33,37)(H,34,39). The van der Waals surface area contributed by atoms with Crippen LogP contribution < -0.4 is 20.3 Å². The molecule has 3 heterocycles. The number of anilines is 2. The van der Waals surface area contributed by atoms with Crippen molar-refractivity contribution in [3.05, 3.63) is 102 Å². The Bertz CT molecular complexity index is 1500. The molecule has 1 aliphatic rings. The molecule has 0 bridgehead atoms. The van der Waals surface area contributed by atoms with Crippen molar-refractivity contribution < 1.29 is 13.9 Å². The average Bonchev–Trinajstić information content (AvgIpc) is 3.53. The minimum Gasteiger partial charge on any atom is -0.494 e. The molecule has 2 aromatic carbocycles. The van der Waals surface area contributed by atoms with E-state index >= 15 is 0 Å². The first-order valence-corrected chi connectivity index (χ1v) is 13.0. The Kier molecular flexibility index (Phi) is 7.10. The van der Waals surface area contributed by atoms with Crippen LogP contribution in [0.2, 0.25) is 0 Å². The molecule has 2 unspecified atom stereocenters. The van der Waals surface area contributed by atoms with Gasteiger partial charge in [0, 0.05) is 40.9 Å². The predicted octanol–water partition coefficient (Wildman–Crippen LogP) is 6.18. The highest BCUT2D eigenvalue weighted by atomic mass is 32.1. The van der Waals surface area contributed by atoms with Crippen LogP contribution in [-0.4, -0.2) is 27.7 Å². The number of aromatic nitrogens is 2. The lowest BCUT2D eigenvalue weighted by Crippen LogP contribution is -2.30. The van der Waals surface area contributed by atoms with E-state index in [0.717, 1.165) is 22.8 Å². The summed E-state index contributed by atoms with van der Waals surface area (Å²) in [6, 6.07) is 21.2. The molecule has 7 nitrogen and oxygen atoms in total. The van der Waals surface area contributed by atoms with Crippen LogP contribution in [0.3, 0.4) is 0 Å². The predicted molar refractivity (Wildman–Crippen MR) is 155 cm³/mol. The number of carbonyl (C=O) groups excluding carboxylic acids is 1. The summed E-state index contributed by atoms with van der Waals surface area (Å²) >= 11 is 5.88. The van der Waals surface area contributed by atoms with E-state index < -0.39 is 5.41 Å². The molecular formula is C30H30FN5O2S. The summed E-state index contributed by atoms with van der Waals surface area (Å²) in [5.74, 6) is 0.105. The Morgan fingerprint density at radius 1 is 1.05 bits per heavy atom.